The van der Waals surface area contributed by atoms with Gasteiger partial charge in [0.15, 0.2) is 0 Å². The van der Waals surface area contributed by atoms with Crippen molar-refractivity contribution in [3.8, 4) is 0 Å². The molecule has 1 aromatic heterocycles. The molecular weight excluding hydrogens is 150 g/mol. The summed E-state index contributed by atoms with van der Waals surface area (Å²) < 4.78 is 0. The highest BCUT2D eigenvalue weighted by molar-refractivity contribution is 5.08. The number of rotatable bonds is 1. The van der Waals surface area contributed by atoms with E-state index in [2.05, 4.69) is 28.4 Å². The molecular formula is C9H13N3. The number of hydrogen-bond donors (Lipinski definition) is 2. The molecule has 0 saturated carbocycles. The topological polar surface area (TPSA) is 40.7 Å². The van der Waals surface area contributed by atoms with Crippen LogP contribution < -0.4 is 16.0 Å². The van der Waals surface area contributed by atoms with Crippen LogP contribution in [0.2, 0.25) is 0 Å². The first kappa shape index (κ1) is 7.55. The fourth-order valence-electron chi connectivity index (χ4n) is 1.55. The zero-order valence-corrected chi connectivity index (χ0v) is 7.06. The quantitative estimate of drug-likeness (QED) is 0.594. The molecule has 0 radical (unpaired) electrons. The van der Waals surface area contributed by atoms with Crippen LogP contribution in [0.1, 0.15) is 24.7 Å². The third-order valence-corrected chi connectivity index (χ3v) is 2.27. The van der Waals surface area contributed by atoms with Crippen molar-refractivity contribution in [2.75, 3.05) is 6.54 Å². The normalized spacial score (nSPS) is 23.2. The highest BCUT2D eigenvalue weighted by atomic mass is 15.0. The predicted octanol–water partition coefficient (Wildman–Crippen LogP) is -0.345. The maximum Gasteiger partial charge on any atom is 0.124 e. The average Bonchev–Trinajstić information content (AvgIpc) is 2.61. The molecule has 2 heterocycles. The number of hydrogen-bond acceptors (Lipinski definition) is 2. The van der Waals surface area contributed by atoms with Crippen molar-refractivity contribution in [2.45, 2.75) is 18.9 Å². The van der Waals surface area contributed by atoms with Crippen LogP contribution in [-0.4, -0.2) is 16.5 Å². The molecule has 12 heavy (non-hydrogen) atoms. The van der Waals surface area contributed by atoms with Crippen LogP contribution in [0.25, 0.3) is 13.2 Å². The van der Waals surface area contributed by atoms with Crippen LogP contribution in [0.3, 0.4) is 0 Å². The minimum atomic E-state index is 0.390. The Bertz CT molecular complexity index is 332. The van der Waals surface area contributed by atoms with Gasteiger partial charge >= 0.3 is 0 Å². The molecule has 0 aromatic carbocycles. The lowest BCUT2D eigenvalue weighted by molar-refractivity contribution is 0.611. The van der Waals surface area contributed by atoms with Crippen LogP contribution in [0.4, 0.5) is 0 Å². The van der Waals surface area contributed by atoms with Crippen molar-refractivity contribution >= 4 is 13.2 Å². The fourth-order valence-corrected chi connectivity index (χ4v) is 1.55. The second kappa shape index (κ2) is 2.75. The van der Waals surface area contributed by atoms with E-state index in [0.29, 0.717) is 6.04 Å². The molecule has 1 unspecified atom stereocenters. The molecule has 1 saturated heterocycles. The maximum absolute atomic E-state index is 4.30. The summed E-state index contributed by atoms with van der Waals surface area (Å²) in [6.07, 6.45) is 2.39. The molecule has 1 aliphatic heterocycles. The van der Waals surface area contributed by atoms with Gasteiger partial charge in [-0.1, -0.05) is 13.2 Å². The van der Waals surface area contributed by atoms with E-state index in [1.807, 2.05) is 0 Å². The van der Waals surface area contributed by atoms with Crippen molar-refractivity contribution in [3.05, 3.63) is 16.5 Å². The maximum atomic E-state index is 4.30. The first-order valence-corrected chi connectivity index (χ1v) is 4.24. The molecule has 2 N–H and O–H groups in total. The van der Waals surface area contributed by atoms with Crippen LogP contribution in [0, 0.1) is 0 Å². The summed E-state index contributed by atoms with van der Waals surface area (Å²) in [5.41, 5.74) is 0. The van der Waals surface area contributed by atoms with Crippen molar-refractivity contribution in [2.24, 2.45) is 0 Å². The van der Waals surface area contributed by atoms with Gasteiger partial charge in [-0.05, 0) is 19.4 Å². The Hall–Kier alpha value is -1.09. The van der Waals surface area contributed by atoms with Gasteiger partial charge in [0.25, 0.3) is 0 Å². The van der Waals surface area contributed by atoms with Gasteiger partial charge in [-0.2, -0.15) is 0 Å². The Morgan fingerprint density at radius 3 is 2.75 bits per heavy atom. The van der Waals surface area contributed by atoms with E-state index in [9.17, 15) is 0 Å². The molecule has 1 aliphatic rings. The molecule has 0 spiro atoms. The lowest BCUT2D eigenvalue weighted by atomic mass is 10.2. The van der Waals surface area contributed by atoms with Crippen molar-refractivity contribution < 1.29 is 0 Å². The lowest BCUT2D eigenvalue weighted by Crippen LogP contribution is -2.19. The third-order valence-electron chi connectivity index (χ3n) is 2.27. The monoisotopic (exact) mass is 163 g/mol. The highest BCUT2D eigenvalue weighted by Gasteiger charge is 2.18. The van der Waals surface area contributed by atoms with E-state index in [-0.39, 0.29) is 0 Å². The first-order valence-electron chi connectivity index (χ1n) is 4.24. The molecule has 64 valence electrons. The Morgan fingerprint density at radius 2 is 2.25 bits per heavy atom. The minimum absolute atomic E-state index is 0.390. The van der Waals surface area contributed by atoms with E-state index < -0.39 is 0 Å². The lowest BCUT2D eigenvalue weighted by Gasteiger charge is -2.04. The molecule has 0 bridgehead atoms. The predicted molar refractivity (Wildman–Crippen MR) is 48.9 cm³/mol. The zero-order valence-electron chi connectivity index (χ0n) is 7.06. The van der Waals surface area contributed by atoms with Gasteiger partial charge in [0.2, 0.25) is 0 Å². The van der Waals surface area contributed by atoms with E-state index in [0.717, 1.165) is 29.5 Å². The first-order chi connectivity index (χ1) is 5.77. The number of nitrogens with one attached hydrogen (secondary N) is 2. The summed E-state index contributed by atoms with van der Waals surface area (Å²) in [6.45, 7) is 8.67. The van der Waals surface area contributed by atoms with Gasteiger partial charge in [0, 0.05) is 0 Å². The van der Waals surface area contributed by atoms with Crippen molar-refractivity contribution in [1.82, 2.24) is 15.3 Å². The molecule has 1 fully saturated rings. The third kappa shape index (κ3) is 1.16. The largest absolute Gasteiger partial charge is 0.341 e. The summed E-state index contributed by atoms with van der Waals surface area (Å²) in [4.78, 5) is 7.44. The number of nitrogens with zero attached hydrogens (tertiary/aromatic N) is 1. The van der Waals surface area contributed by atoms with Gasteiger partial charge in [-0.15, -0.1) is 0 Å². The highest BCUT2D eigenvalue weighted by Crippen LogP contribution is 2.17. The molecule has 2 rings (SSSR count). The second-order valence-corrected chi connectivity index (χ2v) is 3.20. The Kier molecular flexibility index (Phi) is 1.73. The van der Waals surface area contributed by atoms with Crippen LogP contribution in [0.15, 0.2) is 0 Å². The standard InChI is InChI=1S/C9H13N3/c1-6-7(2)12-9(11-6)8-4-3-5-10-8/h8,10H,1-5H2,(H,11,12). The Morgan fingerprint density at radius 1 is 1.42 bits per heavy atom. The van der Waals surface area contributed by atoms with Crippen molar-refractivity contribution in [1.29, 1.82) is 0 Å². The molecule has 1 atom stereocenters. The second-order valence-electron chi connectivity index (χ2n) is 3.20. The molecule has 1 aromatic rings. The van der Waals surface area contributed by atoms with Crippen molar-refractivity contribution in [3.63, 3.8) is 0 Å². The van der Waals surface area contributed by atoms with Gasteiger partial charge in [0.1, 0.15) is 5.82 Å². The SMILES string of the molecule is C=c1nc(C2CCCN2)[nH]c1=C. The zero-order chi connectivity index (χ0) is 8.55. The Labute approximate surface area is 71.2 Å². The molecule has 0 aliphatic carbocycles. The van der Waals surface area contributed by atoms with Gasteiger partial charge in [-0.25, -0.2) is 4.98 Å². The summed E-state index contributed by atoms with van der Waals surface area (Å²) in [5.74, 6) is 0.988. The fraction of sp³-hybridized carbons (Fsp3) is 0.444. The number of aromatic nitrogens is 2. The summed E-state index contributed by atoms with van der Waals surface area (Å²) in [6, 6.07) is 0.390. The van der Waals surface area contributed by atoms with Gasteiger partial charge in [-0.3, -0.25) is 0 Å². The average molecular weight is 163 g/mol. The van der Waals surface area contributed by atoms with Crippen LogP contribution in [-0.2, 0) is 0 Å². The minimum Gasteiger partial charge on any atom is -0.341 e. The van der Waals surface area contributed by atoms with E-state index in [1.165, 1.54) is 6.42 Å². The smallest absolute Gasteiger partial charge is 0.124 e. The summed E-state index contributed by atoms with van der Waals surface area (Å²) in [7, 11) is 0. The molecule has 3 heteroatoms. The molecule has 3 nitrogen and oxygen atoms in total. The number of H-pyrrole nitrogens is 1. The van der Waals surface area contributed by atoms with Gasteiger partial charge in [0.05, 0.1) is 16.7 Å². The summed E-state index contributed by atoms with van der Waals surface area (Å²) >= 11 is 0. The summed E-state index contributed by atoms with van der Waals surface area (Å²) in [5, 5.41) is 4.96. The number of imidazole rings is 1. The van der Waals surface area contributed by atoms with E-state index >= 15 is 0 Å². The van der Waals surface area contributed by atoms with E-state index in [1.54, 1.807) is 0 Å². The van der Waals surface area contributed by atoms with Crippen LogP contribution in [0.5, 0.6) is 0 Å². The van der Waals surface area contributed by atoms with E-state index in [4.69, 9.17) is 0 Å². The Balaban J connectivity index is 2.33. The molecule has 0 amide bonds. The van der Waals surface area contributed by atoms with Gasteiger partial charge < -0.3 is 10.3 Å². The number of aromatic amines is 1. The van der Waals surface area contributed by atoms with Crippen LogP contribution >= 0.6 is 0 Å².